The number of rotatable bonds is 8. The highest BCUT2D eigenvalue weighted by atomic mass is 19.1. The van der Waals surface area contributed by atoms with Gasteiger partial charge in [-0.25, -0.2) is 27.9 Å². The van der Waals surface area contributed by atoms with Crippen LogP contribution >= 0.6 is 0 Å². The van der Waals surface area contributed by atoms with E-state index in [4.69, 9.17) is 14.7 Å². The van der Waals surface area contributed by atoms with Gasteiger partial charge >= 0.3 is 5.97 Å². The molecule has 0 saturated carbocycles. The topological polar surface area (TPSA) is 110 Å². The lowest BCUT2D eigenvalue weighted by Crippen LogP contribution is -2.13. The summed E-state index contributed by atoms with van der Waals surface area (Å²) in [5.41, 5.74) is 1.73. The van der Waals surface area contributed by atoms with Crippen molar-refractivity contribution in [1.82, 2.24) is 14.5 Å². The predicted molar refractivity (Wildman–Crippen MR) is 149 cm³/mol. The fourth-order valence-corrected chi connectivity index (χ4v) is 5.15. The van der Waals surface area contributed by atoms with Crippen LogP contribution in [0.1, 0.15) is 45.3 Å². The highest BCUT2D eigenvalue weighted by Crippen LogP contribution is 2.31. The number of hydrogen-bond acceptors (Lipinski definition) is 6. The molecule has 43 heavy (non-hydrogen) atoms. The summed E-state index contributed by atoms with van der Waals surface area (Å²) in [4.78, 5) is 20.5. The first-order valence-corrected chi connectivity index (χ1v) is 13.4. The number of halogens is 3. The SMILES string of the molecule is N#Cc1ccc(COc2cccc(-c3cc(F)c(Cc4nc5ccc(C(=O)O)cc5n4C4CCOC4)cc3F)n2)c(F)c1. The average Bonchev–Trinajstić information content (AvgIpc) is 3.65. The molecule has 0 bridgehead atoms. The van der Waals surface area contributed by atoms with Crippen LogP contribution in [0.25, 0.3) is 22.3 Å². The van der Waals surface area contributed by atoms with Gasteiger partial charge in [-0.05, 0) is 60.5 Å². The zero-order valence-electron chi connectivity index (χ0n) is 22.6. The van der Waals surface area contributed by atoms with Gasteiger partial charge in [-0.3, -0.25) is 0 Å². The fourth-order valence-electron chi connectivity index (χ4n) is 5.15. The van der Waals surface area contributed by atoms with E-state index in [1.54, 1.807) is 12.1 Å². The van der Waals surface area contributed by atoms with Crippen LogP contribution < -0.4 is 4.74 Å². The molecule has 1 atom stereocenters. The van der Waals surface area contributed by atoms with Gasteiger partial charge in [0, 0.05) is 30.2 Å². The number of carboxylic acids is 1. The quantitative estimate of drug-likeness (QED) is 0.231. The maximum atomic E-state index is 15.5. The lowest BCUT2D eigenvalue weighted by molar-refractivity contribution is 0.0697. The molecule has 1 unspecified atom stereocenters. The van der Waals surface area contributed by atoms with Gasteiger partial charge in [0.25, 0.3) is 0 Å². The molecule has 11 heteroatoms. The molecule has 3 heterocycles. The molecule has 1 aliphatic rings. The van der Waals surface area contributed by atoms with Crippen LogP contribution in [0.15, 0.2) is 66.7 Å². The van der Waals surface area contributed by atoms with E-state index in [9.17, 15) is 14.3 Å². The summed E-state index contributed by atoms with van der Waals surface area (Å²) in [6, 6.07) is 17.1. The van der Waals surface area contributed by atoms with Gasteiger partial charge in [-0.15, -0.1) is 0 Å². The number of carbonyl (C=O) groups is 1. The lowest BCUT2D eigenvalue weighted by Gasteiger charge is -2.16. The van der Waals surface area contributed by atoms with Gasteiger partial charge in [0.15, 0.2) is 0 Å². The van der Waals surface area contributed by atoms with Crippen LogP contribution in [-0.4, -0.2) is 38.8 Å². The third-order valence-corrected chi connectivity index (χ3v) is 7.32. The number of hydrogen-bond donors (Lipinski definition) is 1. The number of aromatic nitrogens is 3. The number of aromatic carboxylic acids is 1. The Labute approximate surface area is 243 Å². The summed E-state index contributed by atoms with van der Waals surface area (Å²) >= 11 is 0. The Balaban J connectivity index is 1.28. The molecule has 0 spiro atoms. The smallest absolute Gasteiger partial charge is 0.335 e. The first-order valence-electron chi connectivity index (χ1n) is 13.4. The zero-order chi connectivity index (χ0) is 30.1. The van der Waals surface area contributed by atoms with Gasteiger partial charge in [0.2, 0.25) is 5.88 Å². The van der Waals surface area contributed by atoms with Gasteiger partial charge in [0.05, 0.1) is 46.6 Å². The Morgan fingerprint density at radius 3 is 2.60 bits per heavy atom. The minimum atomic E-state index is -1.08. The van der Waals surface area contributed by atoms with E-state index in [1.165, 1.54) is 36.4 Å². The Kier molecular flexibility index (Phi) is 7.52. The molecule has 2 aromatic heterocycles. The standard InChI is InChI=1S/C32H23F3N4O4/c33-24-10-18(15-36)4-5-20(24)16-43-31-3-1-2-27(38-31)23-14-25(34)21(11-26(23)35)13-30-37-28-7-6-19(32(40)41)12-29(28)39(30)22-8-9-42-17-22/h1-7,10-12,14,22H,8-9,13,16-17H2,(H,40,41). The molecule has 1 saturated heterocycles. The van der Waals surface area contributed by atoms with Gasteiger partial charge in [-0.2, -0.15) is 5.26 Å². The monoisotopic (exact) mass is 584 g/mol. The van der Waals surface area contributed by atoms with Crippen molar-refractivity contribution < 1.29 is 32.5 Å². The van der Waals surface area contributed by atoms with Crippen LogP contribution in [0.5, 0.6) is 5.88 Å². The van der Waals surface area contributed by atoms with Crippen LogP contribution in [0.4, 0.5) is 13.2 Å². The summed E-state index contributed by atoms with van der Waals surface area (Å²) in [7, 11) is 0. The highest BCUT2D eigenvalue weighted by molar-refractivity contribution is 5.92. The minimum Gasteiger partial charge on any atom is -0.478 e. The third kappa shape index (κ3) is 5.65. The van der Waals surface area contributed by atoms with E-state index in [0.717, 1.165) is 18.2 Å². The van der Waals surface area contributed by atoms with E-state index >= 15 is 8.78 Å². The Bertz CT molecular complexity index is 1910. The Morgan fingerprint density at radius 1 is 1.02 bits per heavy atom. The van der Waals surface area contributed by atoms with E-state index in [0.29, 0.717) is 36.5 Å². The molecule has 0 amide bonds. The second kappa shape index (κ2) is 11.6. The van der Waals surface area contributed by atoms with Gasteiger partial charge in [0.1, 0.15) is 29.9 Å². The van der Waals surface area contributed by atoms with Crippen LogP contribution in [0.3, 0.4) is 0 Å². The Morgan fingerprint density at radius 2 is 1.86 bits per heavy atom. The molecule has 1 aliphatic heterocycles. The number of carboxylic acid groups (broad SMARTS) is 1. The lowest BCUT2D eigenvalue weighted by atomic mass is 10.0. The molecule has 0 aliphatic carbocycles. The van der Waals surface area contributed by atoms with Crippen LogP contribution in [0, 0.1) is 28.8 Å². The number of pyridine rings is 1. The molecule has 5 aromatic rings. The summed E-state index contributed by atoms with van der Waals surface area (Å²) in [5.74, 6) is -2.51. The number of nitrogens with zero attached hydrogens (tertiary/aromatic N) is 4. The minimum absolute atomic E-state index is 0.0383. The molecule has 1 N–H and O–H groups in total. The van der Waals surface area contributed by atoms with E-state index in [2.05, 4.69) is 9.97 Å². The molecule has 1 fully saturated rings. The van der Waals surface area contributed by atoms with Crippen molar-refractivity contribution in [2.45, 2.75) is 25.5 Å². The number of nitriles is 1. The summed E-state index contributed by atoms with van der Waals surface area (Å²) in [6.07, 6.45) is 0.636. The first kappa shape index (κ1) is 27.9. The normalized spacial score (nSPS) is 14.6. The van der Waals surface area contributed by atoms with E-state index in [-0.39, 0.29) is 58.5 Å². The third-order valence-electron chi connectivity index (χ3n) is 7.32. The van der Waals surface area contributed by atoms with Crippen molar-refractivity contribution in [1.29, 1.82) is 5.26 Å². The molecule has 0 radical (unpaired) electrons. The Hall–Kier alpha value is -5.21. The second-order valence-corrected chi connectivity index (χ2v) is 10.1. The largest absolute Gasteiger partial charge is 0.478 e. The predicted octanol–water partition coefficient (Wildman–Crippen LogP) is 6.22. The van der Waals surface area contributed by atoms with Gasteiger partial charge in [-0.1, -0.05) is 12.1 Å². The molecule has 8 nitrogen and oxygen atoms in total. The van der Waals surface area contributed by atoms with Crippen LogP contribution in [-0.2, 0) is 17.8 Å². The fraction of sp³-hybridized carbons (Fsp3) is 0.188. The van der Waals surface area contributed by atoms with E-state index < -0.39 is 23.4 Å². The van der Waals surface area contributed by atoms with Crippen molar-refractivity contribution >= 4 is 17.0 Å². The average molecular weight is 585 g/mol. The first-order chi connectivity index (χ1) is 20.8. The molecular weight excluding hydrogens is 561 g/mol. The summed E-state index contributed by atoms with van der Waals surface area (Å²) in [6.45, 7) is 0.747. The van der Waals surface area contributed by atoms with Gasteiger partial charge < -0.3 is 19.1 Å². The number of fused-ring (bicyclic) bond motifs is 1. The second-order valence-electron chi connectivity index (χ2n) is 10.1. The summed E-state index contributed by atoms with van der Waals surface area (Å²) in [5, 5.41) is 18.4. The maximum absolute atomic E-state index is 15.5. The molecule has 6 rings (SSSR count). The maximum Gasteiger partial charge on any atom is 0.335 e. The molecule has 216 valence electrons. The van der Waals surface area contributed by atoms with Crippen molar-refractivity contribution in [2.24, 2.45) is 0 Å². The van der Waals surface area contributed by atoms with Crippen molar-refractivity contribution in [3.8, 4) is 23.2 Å². The van der Waals surface area contributed by atoms with Crippen molar-refractivity contribution in [3.05, 3.63) is 112 Å². The van der Waals surface area contributed by atoms with Crippen molar-refractivity contribution in [2.75, 3.05) is 13.2 Å². The van der Waals surface area contributed by atoms with Crippen molar-refractivity contribution in [3.63, 3.8) is 0 Å². The highest BCUT2D eigenvalue weighted by Gasteiger charge is 2.25. The number of ether oxygens (including phenoxy) is 2. The number of imidazole rings is 1. The summed E-state index contributed by atoms with van der Waals surface area (Å²) < 4.78 is 58.1. The van der Waals surface area contributed by atoms with E-state index in [1.807, 2.05) is 10.6 Å². The molecular formula is C32H23F3N4O4. The zero-order valence-corrected chi connectivity index (χ0v) is 22.6. The number of benzene rings is 3. The van der Waals surface area contributed by atoms with Crippen LogP contribution in [0.2, 0.25) is 0 Å². The molecule has 3 aromatic carbocycles.